The van der Waals surface area contributed by atoms with Gasteiger partial charge < -0.3 is 29.3 Å². The second kappa shape index (κ2) is 19.1. The quantitative estimate of drug-likeness (QED) is 0.111. The van der Waals surface area contributed by atoms with Crippen LogP contribution in [0.5, 0.6) is 5.75 Å². The van der Waals surface area contributed by atoms with E-state index in [1.54, 1.807) is 108 Å². The first kappa shape index (κ1) is 41.5. The maximum absolute atomic E-state index is 12.5. The van der Waals surface area contributed by atoms with Gasteiger partial charge >= 0.3 is 12.2 Å². The van der Waals surface area contributed by atoms with Gasteiger partial charge in [-0.2, -0.15) is 0 Å². The zero-order valence-corrected chi connectivity index (χ0v) is 30.8. The van der Waals surface area contributed by atoms with Gasteiger partial charge in [-0.05, 0) is 127 Å². The van der Waals surface area contributed by atoms with Crippen LogP contribution in [0.3, 0.4) is 0 Å². The molecule has 0 saturated heterocycles. The molecule has 4 N–H and O–H groups in total. The SMILES string of the molecule is CC(C)(C)OC(=O)Nc1ccc(NC(=O)c2ccc(C(F)F)o2)cc1.CCCCOc1cccc(C(=O)Nc2ccc(NC(=O)OC(C)(C)C)cc2)c1. The van der Waals surface area contributed by atoms with Gasteiger partial charge in [-0.15, -0.1) is 0 Å². The van der Waals surface area contributed by atoms with Crippen LogP contribution in [0.15, 0.2) is 89.3 Å². The molecule has 4 aromatic rings. The molecular formula is C39H46F2N4O8. The van der Waals surface area contributed by atoms with Crippen molar-refractivity contribution in [2.24, 2.45) is 0 Å². The van der Waals surface area contributed by atoms with Gasteiger partial charge in [0.1, 0.15) is 17.0 Å². The Morgan fingerprint density at radius 1 is 0.660 bits per heavy atom. The van der Waals surface area contributed by atoms with Crippen LogP contribution in [0.2, 0.25) is 0 Å². The fraction of sp³-hybridized carbons (Fsp3) is 0.333. The van der Waals surface area contributed by atoms with Crippen molar-refractivity contribution in [3.63, 3.8) is 0 Å². The Morgan fingerprint density at radius 3 is 1.57 bits per heavy atom. The molecule has 3 aromatic carbocycles. The molecule has 0 bridgehead atoms. The summed E-state index contributed by atoms with van der Waals surface area (Å²) in [4.78, 5) is 47.8. The van der Waals surface area contributed by atoms with Crippen LogP contribution in [0, 0.1) is 0 Å². The molecule has 1 heterocycles. The van der Waals surface area contributed by atoms with Gasteiger partial charge in [0.2, 0.25) is 0 Å². The number of hydrogen-bond donors (Lipinski definition) is 4. The van der Waals surface area contributed by atoms with E-state index in [1.807, 2.05) is 6.07 Å². The molecule has 12 nitrogen and oxygen atoms in total. The smallest absolute Gasteiger partial charge is 0.412 e. The number of ether oxygens (including phenoxy) is 3. The Balaban J connectivity index is 0.000000287. The zero-order chi connectivity index (χ0) is 39.2. The molecule has 0 aliphatic rings. The molecule has 14 heteroatoms. The van der Waals surface area contributed by atoms with Gasteiger partial charge in [0, 0.05) is 28.3 Å². The minimum atomic E-state index is -2.78. The predicted octanol–water partition coefficient (Wildman–Crippen LogP) is 10.3. The number of halogens is 2. The average molecular weight is 737 g/mol. The molecule has 0 atom stereocenters. The Bertz CT molecular complexity index is 1810. The molecule has 0 aliphatic carbocycles. The molecule has 1 aromatic heterocycles. The third-order valence-electron chi connectivity index (χ3n) is 6.50. The average Bonchev–Trinajstić information content (AvgIpc) is 3.57. The van der Waals surface area contributed by atoms with E-state index < -0.39 is 41.5 Å². The summed E-state index contributed by atoms with van der Waals surface area (Å²) in [5.41, 5.74) is 1.44. The van der Waals surface area contributed by atoms with E-state index in [0.29, 0.717) is 40.7 Å². The van der Waals surface area contributed by atoms with Crippen molar-refractivity contribution in [1.82, 2.24) is 0 Å². The number of benzene rings is 3. The lowest BCUT2D eigenvalue weighted by Crippen LogP contribution is -2.27. The summed E-state index contributed by atoms with van der Waals surface area (Å²) in [5, 5.41) is 10.5. The van der Waals surface area contributed by atoms with Gasteiger partial charge in [0.25, 0.3) is 18.2 Å². The van der Waals surface area contributed by atoms with E-state index >= 15 is 0 Å². The van der Waals surface area contributed by atoms with Crippen LogP contribution < -0.4 is 26.0 Å². The lowest BCUT2D eigenvalue weighted by Gasteiger charge is -2.19. The fourth-order valence-electron chi connectivity index (χ4n) is 4.17. The lowest BCUT2D eigenvalue weighted by atomic mass is 10.2. The minimum absolute atomic E-state index is 0.216. The van der Waals surface area contributed by atoms with E-state index in [2.05, 4.69) is 28.2 Å². The van der Waals surface area contributed by atoms with Crippen LogP contribution in [0.1, 0.15) is 94.4 Å². The first-order valence-electron chi connectivity index (χ1n) is 16.8. The van der Waals surface area contributed by atoms with E-state index in [9.17, 15) is 28.0 Å². The Morgan fingerprint density at radius 2 is 1.13 bits per heavy atom. The number of hydrogen-bond acceptors (Lipinski definition) is 8. The molecule has 4 amide bonds. The minimum Gasteiger partial charge on any atom is -0.494 e. The lowest BCUT2D eigenvalue weighted by molar-refractivity contribution is 0.0624. The van der Waals surface area contributed by atoms with E-state index in [1.165, 1.54) is 6.07 Å². The number of nitrogens with one attached hydrogen (secondary N) is 4. The number of carbonyl (C=O) groups is 4. The Labute approximate surface area is 307 Å². The van der Waals surface area contributed by atoms with Crippen LogP contribution in [0.25, 0.3) is 0 Å². The molecule has 284 valence electrons. The summed E-state index contributed by atoms with van der Waals surface area (Å²) in [6.07, 6.45) is -1.87. The number of anilines is 4. The monoisotopic (exact) mass is 736 g/mol. The number of carbonyl (C=O) groups excluding carboxylic acids is 4. The Kier molecular flexibility index (Phi) is 14.9. The van der Waals surface area contributed by atoms with Crippen molar-refractivity contribution in [2.75, 3.05) is 27.9 Å². The van der Waals surface area contributed by atoms with Crippen LogP contribution >= 0.6 is 0 Å². The van der Waals surface area contributed by atoms with Gasteiger partial charge in [0.15, 0.2) is 11.5 Å². The van der Waals surface area contributed by atoms with Gasteiger partial charge in [0.05, 0.1) is 6.61 Å². The van der Waals surface area contributed by atoms with E-state index in [-0.39, 0.29) is 11.7 Å². The van der Waals surface area contributed by atoms with Crippen molar-refractivity contribution in [3.8, 4) is 5.75 Å². The summed E-state index contributed by atoms with van der Waals surface area (Å²) < 4.78 is 45.6. The summed E-state index contributed by atoms with van der Waals surface area (Å²) in [7, 11) is 0. The summed E-state index contributed by atoms with van der Waals surface area (Å²) in [5.74, 6) is -0.986. The molecule has 0 fully saturated rings. The third-order valence-corrected chi connectivity index (χ3v) is 6.50. The molecule has 0 unspecified atom stereocenters. The third kappa shape index (κ3) is 15.5. The van der Waals surface area contributed by atoms with Crippen LogP contribution in [-0.2, 0) is 9.47 Å². The van der Waals surface area contributed by atoms with Crippen LogP contribution in [0.4, 0.5) is 41.1 Å². The second-order valence-electron chi connectivity index (χ2n) is 13.5. The highest BCUT2D eigenvalue weighted by Gasteiger charge is 2.19. The largest absolute Gasteiger partial charge is 0.494 e. The molecular weight excluding hydrogens is 690 g/mol. The predicted molar refractivity (Wildman–Crippen MR) is 199 cm³/mol. The first-order chi connectivity index (χ1) is 24.9. The number of amides is 4. The molecule has 53 heavy (non-hydrogen) atoms. The van der Waals surface area contributed by atoms with E-state index in [0.717, 1.165) is 18.9 Å². The molecule has 0 saturated carbocycles. The maximum atomic E-state index is 12.5. The molecule has 0 aliphatic heterocycles. The molecule has 0 spiro atoms. The number of alkyl halides is 2. The van der Waals surface area contributed by atoms with Crippen molar-refractivity contribution < 1.29 is 46.6 Å². The van der Waals surface area contributed by atoms with Gasteiger partial charge in [-0.3, -0.25) is 20.2 Å². The van der Waals surface area contributed by atoms with Gasteiger partial charge in [-0.1, -0.05) is 19.4 Å². The highest BCUT2D eigenvalue weighted by molar-refractivity contribution is 6.04. The van der Waals surface area contributed by atoms with Crippen molar-refractivity contribution in [2.45, 2.75) is 78.9 Å². The Hall–Kier alpha value is -5.92. The van der Waals surface area contributed by atoms with Crippen LogP contribution in [-0.4, -0.2) is 41.8 Å². The maximum Gasteiger partial charge on any atom is 0.412 e. The number of furan rings is 1. The fourth-order valence-corrected chi connectivity index (χ4v) is 4.17. The van der Waals surface area contributed by atoms with Crippen molar-refractivity contribution in [1.29, 1.82) is 0 Å². The van der Waals surface area contributed by atoms with Crippen molar-refractivity contribution >= 4 is 46.8 Å². The van der Waals surface area contributed by atoms with Crippen molar-refractivity contribution in [3.05, 3.63) is 102 Å². The van der Waals surface area contributed by atoms with Gasteiger partial charge in [-0.25, -0.2) is 18.4 Å². The topological polar surface area (TPSA) is 157 Å². The zero-order valence-electron chi connectivity index (χ0n) is 30.8. The molecule has 4 rings (SSSR count). The standard InChI is InChI=1S/C22H28N2O4.C17H18F2N2O4/c1-5-6-14-27-19-9-7-8-16(15-19)20(25)23-17-10-12-18(13-11-17)24-21(26)28-22(2,3)4;1-17(2,3)25-16(23)21-11-6-4-10(5-7-11)20-15(22)13-9-8-12(24-13)14(18)19/h7-13,15H,5-6,14H2,1-4H3,(H,23,25)(H,24,26);4-9,14H,1-3H3,(H,20,22)(H,21,23). The second-order valence-corrected chi connectivity index (χ2v) is 13.5. The van der Waals surface area contributed by atoms with E-state index in [4.69, 9.17) is 18.6 Å². The summed E-state index contributed by atoms with van der Waals surface area (Å²) in [6, 6.07) is 22.4. The highest BCUT2D eigenvalue weighted by atomic mass is 19.3. The number of rotatable bonds is 11. The number of unbranched alkanes of at least 4 members (excludes halogenated alkanes) is 1. The highest BCUT2D eigenvalue weighted by Crippen LogP contribution is 2.23. The summed E-state index contributed by atoms with van der Waals surface area (Å²) >= 11 is 0. The summed E-state index contributed by atoms with van der Waals surface area (Å²) in [6.45, 7) is 13.4. The molecule has 0 radical (unpaired) electrons. The normalized spacial score (nSPS) is 11.1. The first-order valence-corrected chi connectivity index (χ1v) is 16.8.